The van der Waals surface area contributed by atoms with Crippen molar-refractivity contribution in [2.45, 2.75) is 19.8 Å². The SMILES string of the molecule is Cc1[nH]cc(N2CCCC(C(=O)O)C2)c2c1cnc1nccc12. The molecule has 0 spiro atoms. The summed E-state index contributed by atoms with van der Waals surface area (Å²) in [6, 6.07) is 1.98. The number of anilines is 1. The number of aryl methyl sites for hydroxylation is 1. The highest BCUT2D eigenvalue weighted by molar-refractivity contribution is 6.11. The molecule has 1 atom stereocenters. The summed E-state index contributed by atoms with van der Waals surface area (Å²) in [5.74, 6) is -1.02. The Morgan fingerprint density at radius 1 is 1.39 bits per heavy atom. The molecule has 1 unspecified atom stereocenters. The molecular formula is C17H18N4O2. The van der Waals surface area contributed by atoms with Gasteiger partial charge in [-0.15, -0.1) is 0 Å². The number of aromatic amines is 1. The minimum atomic E-state index is -0.711. The van der Waals surface area contributed by atoms with Gasteiger partial charge in [-0.2, -0.15) is 0 Å². The van der Waals surface area contributed by atoms with E-state index in [1.54, 1.807) is 6.20 Å². The Morgan fingerprint density at radius 2 is 2.26 bits per heavy atom. The van der Waals surface area contributed by atoms with Crippen molar-refractivity contribution in [1.82, 2.24) is 15.0 Å². The van der Waals surface area contributed by atoms with E-state index in [2.05, 4.69) is 19.9 Å². The molecule has 23 heavy (non-hydrogen) atoms. The van der Waals surface area contributed by atoms with Gasteiger partial charge in [0.25, 0.3) is 0 Å². The summed E-state index contributed by atoms with van der Waals surface area (Å²) in [6.45, 7) is 3.43. The molecule has 0 aliphatic carbocycles. The largest absolute Gasteiger partial charge is 0.481 e. The molecule has 1 fully saturated rings. The summed E-state index contributed by atoms with van der Waals surface area (Å²) >= 11 is 0. The van der Waals surface area contributed by atoms with Crippen molar-refractivity contribution in [1.29, 1.82) is 0 Å². The molecule has 0 aromatic carbocycles. The summed E-state index contributed by atoms with van der Waals surface area (Å²) in [4.78, 5) is 25.5. The fourth-order valence-electron chi connectivity index (χ4n) is 3.49. The van der Waals surface area contributed by atoms with Crippen LogP contribution in [-0.2, 0) is 4.79 Å². The Hall–Kier alpha value is -2.63. The molecule has 118 valence electrons. The number of carboxylic acids is 1. The molecule has 4 rings (SSSR count). The number of fused-ring (bicyclic) bond motifs is 3. The van der Waals surface area contributed by atoms with Crippen molar-refractivity contribution >= 4 is 33.5 Å². The van der Waals surface area contributed by atoms with Crippen LogP contribution in [0.4, 0.5) is 5.69 Å². The van der Waals surface area contributed by atoms with Crippen LogP contribution in [0.5, 0.6) is 0 Å². The zero-order valence-corrected chi connectivity index (χ0v) is 12.9. The lowest BCUT2D eigenvalue weighted by atomic mass is 9.97. The third-order valence-corrected chi connectivity index (χ3v) is 4.73. The molecule has 0 bridgehead atoms. The van der Waals surface area contributed by atoms with E-state index >= 15 is 0 Å². The zero-order valence-electron chi connectivity index (χ0n) is 12.9. The number of carbonyl (C=O) groups is 1. The number of pyridine rings is 2. The Morgan fingerprint density at radius 3 is 3.09 bits per heavy atom. The number of hydrogen-bond acceptors (Lipinski definition) is 4. The number of H-pyrrole nitrogens is 1. The lowest BCUT2D eigenvalue weighted by molar-refractivity contribution is -0.141. The molecule has 6 heteroatoms. The summed E-state index contributed by atoms with van der Waals surface area (Å²) in [5, 5.41) is 12.5. The van der Waals surface area contributed by atoms with E-state index < -0.39 is 5.97 Å². The van der Waals surface area contributed by atoms with Gasteiger partial charge in [0, 0.05) is 53.5 Å². The number of rotatable bonds is 2. The van der Waals surface area contributed by atoms with E-state index in [1.165, 1.54) is 0 Å². The maximum absolute atomic E-state index is 11.4. The molecule has 1 saturated heterocycles. The smallest absolute Gasteiger partial charge is 0.308 e. The molecule has 6 nitrogen and oxygen atoms in total. The quantitative estimate of drug-likeness (QED) is 0.760. The first kappa shape index (κ1) is 14.0. The monoisotopic (exact) mass is 310 g/mol. The van der Waals surface area contributed by atoms with Gasteiger partial charge >= 0.3 is 5.97 Å². The van der Waals surface area contributed by atoms with Gasteiger partial charge in [-0.25, -0.2) is 9.97 Å². The van der Waals surface area contributed by atoms with E-state index in [4.69, 9.17) is 0 Å². The number of piperidine rings is 1. The lowest BCUT2D eigenvalue weighted by Gasteiger charge is -2.33. The molecule has 0 saturated carbocycles. The van der Waals surface area contributed by atoms with E-state index in [9.17, 15) is 9.90 Å². The van der Waals surface area contributed by atoms with Crippen LogP contribution in [0.1, 0.15) is 18.5 Å². The fourth-order valence-corrected chi connectivity index (χ4v) is 3.49. The first-order chi connectivity index (χ1) is 11.1. The van der Waals surface area contributed by atoms with Crippen molar-refractivity contribution in [3.05, 3.63) is 30.4 Å². The number of nitrogens with one attached hydrogen (secondary N) is 1. The van der Waals surface area contributed by atoms with Crippen molar-refractivity contribution in [2.75, 3.05) is 18.0 Å². The van der Waals surface area contributed by atoms with Crippen LogP contribution in [0.3, 0.4) is 0 Å². The van der Waals surface area contributed by atoms with Crippen molar-refractivity contribution in [2.24, 2.45) is 5.92 Å². The van der Waals surface area contributed by atoms with Crippen LogP contribution in [0, 0.1) is 12.8 Å². The fraction of sp³-hybridized carbons (Fsp3) is 0.353. The van der Waals surface area contributed by atoms with Crippen LogP contribution in [0.2, 0.25) is 0 Å². The standard InChI is InChI=1S/C17H18N4O2/c1-10-13-7-20-16-12(4-5-18-16)15(13)14(8-19-10)21-6-2-3-11(9-21)17(22)23/h4-5,7-8,11,19H,2-3,6,9H2,1H3,(H,22,23). The van der Waals surface area contributed by atoms with E-state index in [0.29, 0.717) is 6.54 Å². The highest BCUT2D eigenvalue weighted by atomic mass is 16.4. The molecule has 3 aromatic rings. The molecule has 0 amide bonds. The average Bonchev–Trinajstić information content (AvgIpc) is 3.04. The van der Waals surface area contributed by atoms with Crippen LogP contribution in [0.15, 0.2) is 24.7 Å². The number of aromatic nitrogens is 3. The molecule has 0 radical (unpaired) electrons. The maximum atomic E-state index is 11.4. The Labute approximate surface area is 133 Å². The number of aliphatic carboxylic acids is 1. The van der Waals surface area contributed by atoms with Gasteiger partial charge in [0.1, 0.15) is 0 Å². The van der Waals surface area contributed by atoms with Crippen LogP contribution in [-0.4, -0.2) is 39.1 Å². The summed E-state index contributed by atoms with van der Waals surface area (Å²) < 4.78 is 0. The topological polar surface area (TPSA) is 82.1 Å². The van der Waals surface area contributed by atoms with Crippen molar-refractivity contribution in [3.8, 4) is 0 Å². The van der Waals surface area contributed by atoms with Gasteiger partial charge in [-0.05, 0) is 25.8 Å². The summed E-state index contributed by atoms with van der Waals surface area (Å²) in [5.41, 5.74) is 2.82. The third kappa shape index (κ3) is 2.21. The van der Waals surface area contributed by atoms with E-state index in [0.717, 1.165) is 52.6 Å². The Kier molecular flexibility index (Phi) is 3.18. The molecule has 2 N–H and O–H groups in total. The predicted molar refractivity (Wildman–Crippen MR) is 88.7 cm³/mol. The molecular weight excluding hydrogens is 292 g/mol. The molecule has 3 aromatic heterocycles. The second kappa shape index (κ2) is 5.22. The zero-order chi connectivity index (χ0) is 16.0. The van der Waals surface area contributed by atoms with Crippen LogP contribution < -0.4 is 4.90 Å². The average molecular weight is 310 g/mol. The highest BCUT2D eigenvalue weighted by Gasteiger charge is 2.27. The van der Waals surface area contributed by atoms with Crippen molar-refractivity contribution in [3.63, 3.8) is 0 Å². The summed E-state index contributed by atoms with van der Waals surface area (Å²) in [7, 11) is 0. The van der Waals surface area contributed by atoms with Crippen LogP contribution in [0.25, 0.3) is 21.8 Å². The summed E-state index contributed by atoms with van der Waals surface area (Å²) in [6.07, 6.45) is 7.23. The minimum absolute atomic E-state index is 0.310. The van der Waals surface area contributed by atoms with Gasteiger partial charge in [-0.1, -0.05) is 0 Å². The lowest BCUT2D eigenvalue weighted by Crippen LogP contribution is -2.38. The Balaban J connectivity index is 1.91. The molecule has 4 heterocycles. The van der Waals surface area contributed by atoms with Gasteiger partial charge in [-0.3, -0.25) is 4.79 Å². The van der Waals surface area contributed by atoms with E-state index in [1.807, 2.05) is 25.4 Å². The highest BCUT2D eigenvalue weighted by Crippen LogP contribution is 2.35. The van der Waals surface area contributed by atoms with Gasteiger partial charge in [0.05, 0.1) is 11.6 Å². The first-order valence-corrected chi connectivity index (χ1v) is 7.84. The van der Waals surface area contributed by atoms with Gasteiger partial charge < -0.3 is 15.0 Å². The predicted octanol–water partition coefficient (Wildman–Crippen LogP) is 2.72. The number of carboxylic acid groups (broad SMARTS) is 1. The molecule has 1 aliphatic heterocycles. The second-order valence-electron chi connectivity index (χ2n) is 6.15. The first-order valence-electron chi connectivity index (χ1n) is 7.84. The number of hydrogen-bond donors (Lipinski definition) is 2. The second-order valence-corrected chi connectivity index (χ2v) is 6.15. The minimum Gasteiger partial charge on any atom is -0.481 e. The van der Waals surface area contributed by atoms with Gasteiger partial charge in [0.15, 0.2) is 5.65 Å². The third-order valence-electron chi connectivity index (χ3n) is 4.73. The maximum Gasteiger partial charge on any atom is 0.308 e. The van der Waals surface area contributed by atoms with Gasteiger partial charge in [0.2, 0.25) is 0 Å². The number of nitrogens with zero attached hydrogens (tertiary/aromatic N) is 3. The van der Waals surface area contributed by atoms with Crippen molar-refractivity contribution < 1.29 is 9.90 Å². The van der Waals surface area contributed by atoms with E-state index in [-0.39, 0.29) is 5.92 Å². The molecule has 1 aliphatic rings. The van der Waals surface area contributed by atoms with Crippen LogP contribution >= 0.6 is 0 Å². The Bertz CT molecular complexity index is 902. The normalized spacial score (nSPS) is 18.7.